The van der Waals surface area contributed by atoms with E-state index < -0.39 is 23.6 Å². The van der Waals surface area contributed by atoms with E-state index in [-0.39, 0.29) is 16.9 Å². The number of ketones is 1. The van der Waals surface area contributed by atoms with Crippen LogP contribution in [0.15, 0.2) is 0 Å². The molecular weight excluding hydrogens is 236 g/mol. The molecule has 1 saturated heterocycles. The largest absolute Gasteiger partial charge is 0.349 e. The Morgan fingerprint density at radius 3 is 2.25 bits per heavy atom. The number of rotatable bonds is 3. The molecule has 0 radical (unpaired) electrons. The molecule has 1 rings (SSSR count). The lowest BCUT2D eigenvalue weighted by Gasteiger charge is -2.28. The van der Waals surface area contributed by atoms with Gasteiger partial charge in [-0.2, -0.15) is 4.42 Å². The molecule has 0 aromatic heterocycles. The van der Waals surface area contributed by atoms with Gasteiger partial charge in [-0.1, -0.05) is 20.3 Å². The number of hydrogen-bond donors (Lipinski definition) is 0. The number of hydrogen-bond acceptors (Lipinski definition) is 4. The zero-order valence-corrected chi connectivity index (χ0v) is 9.65. The molecule has 0 bridgehead atoms. The molecule has 0 aromatic rings. The molecular formula is C9H11ClN2O4. The lowest BCUT2D eigenvalue weighted by atomic mass is 10.1. The third kappa shape index (κ3) is 2.06. The van der Waals surface area contributed by atoms with Gasteiger partial charge in [0, 0.05) is 18.3 Å². The molecule has 0 N–H and O–H groups in total. The predicted octanol–water partition coefficient (Wildman–Crippen LogP) is 0.546. The molecule has 7 heteroatoms. The number of urea groups is 1. The Morgan fingerprint density at radius 1 is 1.19 bits per heavy atom. The van der Waals surface area contributed by atoms with E-state index in [0.29, 0.717) is 4.90 Å². The van der Waals surface area contributed by atoms with Gasteiger partial charge in [-0.25, -0.2) is 4.79 Å². The van der Waals surface area contributed by atoms with E-state index >= 15 is 0 Å². The average Bonchev–Trinajstić information content (AvgIpc) is 2.29. The predicted molar refractivity (Wildman–Crippen MR) is 54.3 cm³/mol. The molecule has 1 heterocycles. The first-order valence-corrected chi connectivity index (χ1v) is 5.14. The van der Waals surface area contributed by atoms with Crippen molar-refractivity contribution < 1.29 is 19.2 Å². The molecule has 16 heavy (non-hydrogen) atoms. The standard InChI is InChI=1S/C9H11ClN2O4/c1-3-5(2)4-11-7(14)6(13)8(15)12(10)9(11)16/h5H,3-4H2,1-2H3. The Morgan fingerprint density at radius 2 is 1.75 bits per heavy atom. The third-order valence-corrected chi connectivity index (χ3v) is 2.70. The number of carbonyl (C=O) groups excluding carboxylic acids is 4. The quantitative estimate of drug-likeness (QED) is 0.538. The number of barbiturate groups is 1. The van der Waals surface area contributed by atoms with Gasteiger partial charge in [0.15, 0.2) is 0 Å². The summed E-state index contributed by atoms with van der Waals surface area (Å²) in [6, 6.07) is -0.962. The molecule has 6 nitrogen and oxygen atoms in total. The van der Waals surface area contributed by atoms with E-state index in [1.807, 2.05) is 13.8 Å². The van der Waals surface area contributed by atoms with Crippen LogP contribution in [0.3, 0.4) is 0 Å². The minimum absolute atomic E-state index is 0.0407. The molecule has 1 aliphatic rings. The number of halogens is 1. The van der Waals surface area contributed by atoms with Crippen molar-refractivity contribution >= 4 is 35.4 Å². The Hall–Kier alpha value is -1.43. The molecule has 4 amide bonds. The van der Waals surface area contributed by atoms with Crippen molar-refractivity contribution in [2.45, 2.75) is 20.3 Å². The highest BCUT2D eigenvalue weighted by Gasteiger charge is 2.44. The summed E-state index contributed by atoms with van der Waals surface area (Å²) < 4.78 is 0.145. The Bertz CT molecular complexity index is 369. The van der Waals surface area contributed by atoms with Crippen molar-refractivity contribution in [3.05, 3.63) is 0 Å². The summed E-state index contributed by atoms with van der Waals surface area (Å²) in [5.41, 5.74) is 0. The summed E-state index contributed by atoms with van der Waals surface area (Å²) in [5, 5.41) is 0. The van der Waals surface area contributed by atoms with Crippen LogP contribution in [0, 0.1) is 5.92 Å². The second kappa shape index (κ2) is 4.61. The molecule has 0 saturated carbocycles. The summed E-state index contributed by atoms with van der Waals surface area (Å²) >= 11 is 5.32. The van der Waals surface area contributed by atoms with E-state index in [9.17, 15) is 19.2 Å². The highest BCUT2D eigenvalue weighted by atomic mass is 35.5. The van der Waals surface area contributed by atoms with Gasteiger partial charge < -0.3 is 0 Å². The van der Waals surface area contributed by atoms with Gasteiger partial charge >= 0.3 is 23.6 Å². The van der Waals surface area contributed by atoms with Crippen molar-refractivity contribution in [2.24, 2.45) is 5.92 Å². The van der Waals surface area contributed by atoms with E-state index in [1.54, 1.807) is 0 Å². The first kappa shape index (κ1) is 12.6. The first-order chi connectivity index (χ1) is 7.40. The van der Waals surface area contributed by atoms with Gasteiger partial charge in [-0.05, 0) is 5.92 Å². The van der Waals surface area contributed by atoms with E-state index in [2.05, 4.69) is 0 Å². The van der Waals surface area contributed by atoms with Crippen molar-refractivity contribution in [1.29, 1.82) is 0 Å². The van der Waals surface area contributed by atoms with Crippen molar-refractivity contribution in [3.8, 4) is 0 Å². The fourth-order valence-corrected chi connectivity index (χ4v) is 1.35. The number of carbonyl (C=O) groups is 4. The number of Topliss-reactive ketones (excluding diaryl/α,β-unsaturated/α-hetero) is 1. The third-order valence-electron chi connectivity index (χ3n) is 2.40. The lowest BCUT2D eigenvalue weighted by Crippen LogP contribution is -2.57. The smallest absolute Gasteiger partial charge is 0.277 e. The summed E-state index contributed by atoms with van der Waals surface area (Å²) in [6.45, 7) is 3.78. The van der Waals surface area contributed by atoms with Crippen LogP contribution < -0.4 is 0 Å². The monoisotopic (exact) mass is 246 g/mol. The highest BCUT2D eigenvalue weighted by Crippen LogP contribution is 2.15. The van der Waals surface area contributed by atoms with Crippen molar-refractivity contribution in [3.63, 3.8) is 0 Å². The van der Waals surface area contributed by atoms with Crippen LogP contribution >= 0.6 is 11.8 Å². The molecule has 1 atom stereocenters. The number of amides is 4. The zero-order chi connectivity index (χ0) is 12.5. The highest BCUT2D eigenvalue weighted by molar-refractivity contribution is 6.69. The molecule has 0 spiro atoms. The summed E-state index contributed by atoms with van der Waals surface area (Å²) in [7, 11) is 0. The summed E-state index contributed by atoms with van der Waals surface area (Å²) in [6.07, 6.45) is 0.738. The number of imide groups is 2. The van der Waals surface area contributed by atoms with Crippen LogP contribution in [0.2, 0.25) is 0 Å². The van der Waals surface area contributed by atoms with Crippen LogP contribution in [-0.2, 0) is 14.4 Å². The van der Waals surface area contributed by atoms with E-state index in [4.69, 9.17) is 11.8 Å². The lowest BCUT2D eigenvalue weighted by molar-refractivity contribution is -0.153. The SMILES string of the molecule is CCC(C)CN1C(=O)C(=O)C(=O)N(Cl)C1=O. The van der Waals surface area contributed by atoms with E-state index in [1.165, 1.54) is 0 Å². The Labute approximate surface area is 97.2 Å². The maximum atomic E-state index is 11.5. The normalized spacial score (nSPS) is 19.4. The van der Waals surface area contributed by atoms with Gasteiger partial charge in [-0.15, -0.1) is 0 Å². The van der Waals surface area contributed by atoms with Gasteiger partial charge in [-0.3, -0.25) is 19.3 Å². The molecule has 1 fully saturated rings. The fraction of sp³-hybridized carbons (Fsp3) is 0.556. The van der Waals surface area contributed by atoms with Gasteiger partial charge in [0.2, 0.25) is 0 Å². The Balaban J connectivity index is 2.92. The first-order valence-electron chi connectivity index (χ1n) is 4.80. The van der Waals surface area contributed by atoms with E-state index in [0.717, 1.165) is 6.42 Å². The van der Waals surface area contributed by atoms with Gasteiger partial charge in [0.1, 0.15) is 0 Å². The van der Waals surface area contributed by atoms with Crippen LogP contribution in [-0.4, -0.2) is 39.5 Å². The average molecular weight is 247 g/mol. The van der Waals surface area contributed by atoms with Crippen LogP contribution in [0.4, 0.5) is 4.79 Å². The molecule has 88 valence electrons. The summed E-state index contributed by atoms with van der Waals surface area (Å²) in [5.74, 6) is -3.64. The zero-order valence-electron chi connectivity index (χ0n) is 8.90. The molecule has 0 aliphatic carbocycles. The second-order valence-corrected chi connectivity index (χ2v) is 3.96. The summed E-state index contributed by atoms with van der Waals surface area (Å²) in [4.78, 5) is 45.7. The maximum Gasteiger partial charge on any atom is 0.349 e. The molecule has 1 unspecified atom stereocenters. The molecule has 0 aromatic carbocycles. The minimum atomic E-state index is -1.29. The van der Waals surface area contributed by atoms with Crippen molar-refractivity contribution in [1.82, 2.24) is 9.32 Å². The van der Waals surface area contributed by atoms with Crippen LogP contribution in [0.1, 0.15) is 20.3 Å². The maximum absolute atomic E-state index is 11.5. The topological polar surface area (TPSA) is 74.8 Å². The van der Waals surface area contributed by atoms with Gasteiger partial charge in [0.05, 0.1) is 0 Å². The second-order valence-electron chi connectivity index (χ2n) is 3.63. The van der Waals surface area contributed by atoms with Crippen LogP contribution in [0.25, 0.3) is 0 Å². The van der Waals surface area contributed by atoms with Crippen molar-refractivity contribution in [2.75, 3.05) is 6.54 Å². The Kier molecular flexibility index (Phi) is 3.64. The molecule has 1 aliphatic heterocycles. The van der Waals surface area contributed by atoms with Crippen LogP contribution in [0.5, 0.6) is 0 Å². The minimum Gasteiger partial charge on any atom is -0.277 e. The number of nitrogens with zero attached hydrogens (tertiary/aromatic N) is 2. The fourth-order valence-electron chi connectivity index (χ4n) is 1.18. The van der Waals surface area contributed by atoms with Gasteiger partial charge in [0.25, 0.3) is 0 Å².